The van der Waals surface area contributed by atoms with Gasteiger partial charge in [-0.2, -0.15) is 5.10 Å². The molecule has 3 nitrogen and oxygen atoms in total. The van der Waals surface area contributed by atoms with Crippen LogP contribution in [0.5, 0.6) is 0 Å². The Balaban J connectivity index is 1.91. The zero-order valence-electron chi connectivity index (χ0n) is 13.4. The molecule has 3 aromatic rings. The number of benzene rings is 2. The highest BCUT2D eigenvalue weighted by Gasteiger charge is 2.22. The minimum atomic E-state index is 0.608. The Kier molecular flexibility index (Phi) is 4.93. The van der Waals surface area contributed by atoms with E-state index in [2.05, 4.69) is 52.2 Å². The third kappa shape index (κ3) is 3.52. The molecule has 1 aromatic heterocycles. The summed E-state index contributed by atoms with van der Waals surface area (Å²) in [4.78, 5) is 0. The largest absolute Gasteiger partial charge is 0.370 e. The molecule has 0 unspecified atom stereocenters. The van der Waals surface area contributed by atoms with Gasteiger partial charge in [-0.15, -0.1) is 0 Å². The number of fused-ring (bicyclic) bond motifs is 1. The van der Waals surface area contributed by atoms with Crippen molar-refractivity contribution in [3.63, 3.8) is 0 Å². The predicted octanol–water partition coefficient (Wildman–Crippen LogP) is 6.20. The Labute approximate surface area is 170 Å². The van der Waals surface area contributed by atoms with Gasteiger partial charge in [0.2, 0.25) is 0 Å². The first-order valence-corrected chi connectivity index (χ1v) is 10.0. The lowest BCUT2D eigenvalue weighted by Crippen LogP contribution is -2.07. The number of rotatable bonds is 2. The molecule has 1 N–H and O–H groups in total. The summed E-state index contributed by atoms with van der Waals surface area (Å²) < 4.78 is 3.15. The minimum Gasteiger partial charge on any atom is -0.370 e. The van der Waals surface area contributed by atoms with Crippen molar-refractivity contribution in [2.24, 2.45) is 0 Å². The number of nitrogens with one attached hydrogen (secondary N) is 1. The standard InChI is InChI=1S/C19H16Cl2IN3/c20-13-9-14(21)11-16(10-13)25-19-17(3-1-2-8-23-19)18(24-25)12-4-6-15(22)7-5-12/h4-7,9-11,23H,1-3,8H2. The van der Waals surface area contributed by atoms with Gasteiger partial charge in [0.25, 0.3) is 0 Å². The Hall–Kier alpha value is -1.24. The van der Waals surface area contributed by atoms with E-state index < -0.39 is 0 Å². The van der Waals surface area contributed by atoms with Gasteiger partial charge in [-0.25, -0.2) is 4.68 Å². The van der Waals surface area contributed by atoms with Crippen molar-refractivity contribution in [3.8, 4) is 16.9 Å². The quantitative estimate of drug-likeness (QED) is 0.440. The second-order valence-electron chi connectivity index (χ2n) is 6.11. The molecule has 2 heterocycles. The highest BCUT2D eigenvalue weighted by molar-refractivity contribution is 14.1. The lowest BCUT2D eigenvalue weighted by atomic mass is 10.0. The fourth-order valence-corrected chi connectivity index (χ4v) is 4.06. The van der Waals surface area contributed by atoms with Gasteiger partial charge in [-0.1, -0.05) is 35.3 Å². The number of aromatic nitrogens is 2. The van der Waals surface area contributed by atoms with Crippen molar-refractivity contribution >= 4 is 51.6 Å². The van der Waals surface area contributed by atoms with Gasteiger partial charge in [0.1, 0.15) is 5.82 Å². The first-order chi connectivity index (χ1) is 12.1. The average molecular weight is 484 g/mol. The van der Waals surface area contributed by atoms with Crippen LogP contribution < -0.4 is 5.32 Å². The summed E-state index contributed by atoms with van der Waals surface area (Å²) in [6.07, 6.45) is 3.31. The van der Waals surface area contributed by atoms with Crippen LogP contribution in [0, 0.1) is 3.57 Å². The predicted molar refractivity (Wildman–Crippen MR) is 113 cm³/mol. The molecule has 25 heavy (non-hydrogen) atoms. The molecule has 0 aliphatic carbocycles. The number of hydrogen-bond acceptors (Lipinski definition) is 2. The zero-order chi connectivity index (χ0) is 17.4. The molecule has 0 bridgehead atoms. The maximum Gasteiger partial charge on any atom is 0.133 e. The molecular formula is C19H16Cl2IN3. The molecule has 0 atom stereocenters. The topological polar surface area (TPSA) is 29.9 Å². The summed E-state index contributed by atoms with van der Waals surface area (Å²) in [6, 6.07) is 14.0. The van der Waals surface area contributed by atoms with Crippen molar-refractivity contribution in [1.82, 2.24) is 9.78 Å². The van der Waals surface area contributed by atoms with E-state index in [0.717, 1.165) is 48.6 Å². The maximum absolute atomic E-state index is 6.21. The van der Waals surface area contributed by atoms with E-state index in [1.54, 1.807) is 6.07 Å². The van der Waals surface area contributed by atoms with Crippen LogP contribution in [0.3, 0.4) is 0 Å². The monoisotopic (exact) mass is 483 g/mol. The van der Waals surface area contributed by atoms with Gasteiger partial charge >= 0.3 is 0 Å². The molecule has 0 amide bonds. The first-order valence-electron chi connectivity index (χ1n) is 8.20. The Bertz CT molecular complexity index is 899. The highest BCUT2D eigenvalue weighted by atomic mass is 127. The summed E-state index contributed by atoms with van der Waals surface area (Å²) in [5.74, 6) is 1.05. The Morgan fingerprint density at radius 3 is 2.44 bits per heavy atom. The van der Waals surface area contributed by atoms with Crippen LogP contribution in [0.4, 0.5) is 5.82 Å². The number of hydrogen-bond donors (Lipinski definition) is 1. The zero-order valence-corrected chi connectivity index (χ0v) is 17.1. The number of anilines is 1. The Morgan fingerprint density at radius 1 is 1.00 bits per heavy atom. The molecule has 0 saturated carbocycles. The summed E-state index contributed by atoms with van der Waals surface area (Å²) in [6.45, 7) is 0.944. The summed E-state index contributed by atoms with van der Waals surface area (Å²) >= 11 is 14.7. The molecule has 0 radical (unpaired) electrons. The van der Waals surface area contributed by atoms with Crippen LogP contribution in [0.25, 0.3) is 16.9 Å². The van der Waals surface area contributed by atoms with E-state index in [1.807, 2.05) is 16.8 Å². The maximum atomic E-state index is 6.21. The summed E-state index contributed by atoms with van der Waals surface area (Å²) in [5, 5.41) is 9.68. The van der Waals surface area contributed by atoms with Gasteiger partial charge in [-0.3, -0.25) is 0 Å². The summed E-state index contributed by atoms with van der Waals surface area (Å²) in [5.41, 5.74) is 4.29. The minimum absolute atomic E-state index is 0.608. The van der Waals surface area contributed by atoms with Crippen LogP contribution in [0.1, 0.15) is 18.4 Å². The molecule has 128 valence electrons. The molecule has 1 aliphatic rings. The van der Waals surface area contributed by atoms with Crippen LogP contribution in [0.15, 0.2) is 42.5 Å². The number of halogens is 3. The molecule has 0 fully saturated rings. The van der Waals surface area contributed by atoms with Gasteiger partial charge in [0, 0.05) is 31.3 Å². The van der Waals surface area contributed by atoms with E-state index >= 15 is 0 Å². The molecule has 4 rings (SSSR count). The van der Waals surface area contributed by atoms with Gasteiger partial charge in [0.15, 0.2) is 0 Å². The third-order valence-electron chi connectivity index (χ3n) is 4.34. The third-order valence-corrected chi connectivity index (χ3v) is 5.49. The molecular weight excluding hydrogens is 468 g/mol. The van der Waals surface area contributed by atoms with E-state index in [1.165, 1.54) is 9.13 Å². The van der Waals surface area contributed by atoms with Crippen LogP contribution in [0.2, 0.25) is 10.0 Å². The van der Waals surface area contributed by atoms with Crippen molar-refractivity contribution in [3.05, 3.63) is 61.6 Å². The van der Waals surface area contributed by atoms with Crippen molar-refractivity contribution in [2.75, 3.05) is 11.9 Å². The van der Waals surface area contributed by atoms with Crippen molar-refractivity contribution in [1.29, 1.82) is 0 Å². The van der Waals surface area contributed by atoms with Gasteiger partial charge < -0.3 is 5.32 Å². The van der Waals surface area contributed by atoms with Crippen molar-refractivity contribution < 1.29 is 0 Å². The number of nitrogens with zero attached hydrogens (tertiary/aromatic N) is 2. The molecule has 1 aliphatic heterocycles. The molecule has 2 aromatic carbocycles. The van der Waals surface area contributed by atoms with Crippen LogP contribution in [-0.2, 0) is 6.42 Å². The lowest BCUT2D eigenvalue weighted by Gasteiger charge is -2.10. The SMILES string of the molecule is Clc1cc(Cl)cc(-n2nc(-c3ccc(I)cc3)c3c2NCCCC3)c1. The normalized spacial score (nSPS) is 13.9. The second-order valence-corrected chi connectivity index (χ2v) is 8.22. The molecule has 6 heteroatoms. The second kappa shape index (κ2) is 7.17. The highest BCUT2D eigenvalue weighted by Crippen LogP contribution is 2.35. The Morgan fingerprint density at radius 2 is 1.72 bits per heavy atom. The van der Waals surface area contributed by atoms with Crippen LogP contribution >= 0.6 is 45.8 Å². The molecule has 0 saturated heterocycles. The van der Waals surface area contributed by atoms with Gasteiger partial charge in [0.05, 0.1) is 11.4 Å². The first kappa shape index (κ1) is 17.2. The fraction of sp³-hybridized carbons (Fsp3) is 0.211. The van der Waals surface area contributed by atoms with Crippen LogP contribution in [-0.4, -0.2) is 16.3 Å². The van der Waals surface area contributed by atoms with E-state index in [9.17, 15) is 0 Å². The summed E-state index contributed by atoms with van der Waals surface area (Å²) in [7, 11) is 0. The average Bonchev–Trinajstić information content (AvgIpc) is 2.77. The van der Waals surface area contributed by atoms with Gasteiger partial charge in [-0.05, 0) is 72.2 Å². The molecule has 0 spiro atoms. The fourth-order valence-electron chi connectivity index (χ4n) is 3.19. The lowest BCUT2D eigenvalue weighted by molar-refractivity contribution is 0.780. The van der Waals surface area contributed by atoms with E-state index in [4.69, 9.17) is 28.3 Å². The van der Waals surface area contributed by atoms with E-state index in [0.29, 0.717) is 10.0 Å². The van der Waals surface area contributed by atoms with E-state index in [-0.39, 0.29) is 0 Å². The smallest absolute Gasteiger partial charge is 0.133 e. The van der Waals surface area contributed by atoms with Crippen molar-refractivity contribution in [2.45, 2.75) is 19.3 Å².